The van der Waals surface area contributed by atoms with E-state index >= 15 is 0 Å². The lowest BCUT2D eigenvalue weighted by Crippen LogP contribution is -2.34. The quantitative estimate of drug-likeness (QED) is 0.595. The number of nitrogens with zero attached hydrogens (tertiary/aromatic N) is 1. The molecule has 2 rings (SSSR count). The smallest absolute Gasteiger partial charge is 0.277 e. The molecule has 1 aromatic carbocycles. The first-order chi connectivity index (χ1) is 9.56. The number of aryl methyl sites for hydroxylation is 1. The Balaban J connectivity index is 2.21. The maximum Gasteiger partial charge on any atom is 0.277 e. The Bertz CT molecular complexity index is 584. The molecule has 0 fully saturated rings. The number of aliphatic hydroxyl groups is 1. The molecule has 0 unspecified atom stereocenters. The van der Waals surface area contributed by atoms with E-state index in [9.17, 15) is 9.59 Å². The fraction of sp³-hybridized carbons (Fsp3) is 0.286. The molecule has 0 spiro atoms. The van der Waals surface area contributed by atoms with Gasteiger partial charge in [0.15, 0.2) is 0 Å². The van der Waals surface area contributed by atoms with Crippen LogP contribution in [-0.2, 0) is 16.0 Å². The minimum Gasteiger partial charge on any atom is -0.395 e. The largest absolute Gasteiger partial charge is 0.395 e. The molecule has 0 saturated heterocycles. The van der Waals surface area contributed by atoms with Crippen molar-refractivity contribution in [3.8, 4) is 0 Å². The van der Waals surface area contributed by atoms with E-state index in [1.54, 1.807) is 0 Å². The van der Waals surface area contributed by atoms with E-state index in [0.717, 1.165) is 26.1 Å². The second kappa shape index (κ2) is 6.36. The molecule has 0 saturated carbocycles. The highest BCUT2D eigenvalue weighted by Crippen LogP contribution is 2.23. The lowest BCUT2D eigenvalue weighted by atomic mass is 10.1. The number of carbonyl (C=O) groups excluding carboxylic acids is 2. The number of β-amino-alcohol motifs (C(OH)–C–C–N with tert-alkyl or cyclic N) is 1. The van der Waals surface area contributed by atoms with E-state index in [1.807, 2.05) is 25.1 Å². The Hall–Kier alpha value is -1.41. The minimum atomic E-state index is -0.398. The predicted octanol–water partition coefficient (Wildman–Crippen LogP) is 1.51. The normalized spacial score (nSPS) is 14.8. The average Bonchev–Trinajstić information content (AvgIpc) is 2.69. The van der Waals surface area contributed by atoms with Crippen molar-refractivity contribution in [3.05, 3.63) is 39.1 Å². The number of hydrogen-bond donors (Lipinski definition) is 2. The summed E-state index contributed by atoms with van der Waals surface area (Å²) >= 11 is 2.23. The van der Waals surface area contributed by atoms with Gasteiger partial charge in [0.2, 0.25) is 0 Å². The molecule has 0 bridgehead atoms. The number of halogens is 1. The SMILES string of the molecule is CCc1cc(I)ccc1NC1=CC(=O)N(CCO)C1=O. The number of nitrogens with one attached hydrogen (secondary N) is 1. The summed E-state index contributed by atoms with van der Waals surface area (Å²) < 4.78 is 1.12. The molecule has 1 aromatic rings. The van der Waals surface area contributed by atoms with E-state index in [2.05, 4.69) is 27.9 Å². The summed E-state index contributed by atoms with van der Waals surface area (Å²) in [6.07, 6.45) is 2.10. The number of anilines is 1. The van der Waals surface area contributed by atoms with Gasteiger partial charge in [0.1, 0.15) is 5.70 Å². The molecule has 6 heteroatoms. The van der Waals surface area contributed by atoms with E-state index in [-0.39, 0.29) is 18.8 Å². The summed E-state index contributed by atoms with van der Waals surface area (Å²) in [5, 5.41) is 11.9. The van der Waals surface area contributed by atoms with Gasteiger partial charge in [-0.25, -0.2) is 0 Å². The average molecular weight is 386 g/mol. The van der Waals surface area contributed by atoms with Gasteiger partial charge in [0, 0.05) is 15.3 Å². The van der Waals surface area contributed by atoms with E-state index in [1.165, 1.54) is 6.08 Å². The van der Waals surface area contributed by atoms with Gasteiger partial charge >= 0.3 is 0 Å². The highest BCUT2D eigenvalue weighted by Gasteiger charge is 2.30. The van der Waals surface area contributed by atoms with Gasteiger partial charge in [-0.15, -0.1) is 0 Å². The van der Waals surface area contributed by atoms with Crippen molar-refractivity contribution in [2.45, 2.75) is 13.3 Å². The fourth-order valence-electron chi connectivity index (χ4n) is 2.03. The third kappa shape index (κ3) is 3.01. The Morgan fingerprint density at radius 3 is 2.75 bits per heavy atom. The maximum absolute atomic E-state index is 12.0. The predicted molar refractivity (Wildman–Crippen MR) is 84.0 cm³/mol. The zero-order valence-electron chi connectivity index (χ0n) is 11.0. The third-order valence-electron chi connectivity index (χ3n) is 3.05. The van der Waals surface area contributed by atoms with Gasteiger partial charge in [-0.1, -0.05) is 6.92 Å². The number of amides is 2. The Morgan fingerprint density at radius 2 is 2.10 bits per heavy atom. The number of aliphatic hydroxyl groups excluding tert-OH is 1. The molecule has 0 aliphatic carbocycles. The number of imide groups is 1. The molecule has 2 N–H and O–H groups in total. The summed E-state index contributed by atoms with van der Waals surface area (Å²) in [4.78, 5) is 24.7. The zero-order chi connectivity index (χ0) is 14.7. The van der Waals surface area contributed by atoms with Crippen molar-refractivity contribution in [1.29, 1.82) is 0 Å². The first-order valence-electron chi connectivity index (χ1n) is 6.30. The van der Waals surface area contributed by atoms with Gasteiger partial charge in [-0.3, -0.25) is 14.5 Å². The lowest BCUT2D eigenvalue weighted by molar-refractivity contribution is -0.137. The summed E-state index contributed by atoms with van der Waals surface area (Å²) in [6.45, 7) is 1.82. The van der Waals surface area contributed by atoms with Crippen LogP contribution in [0.25, 0.3) is 0 Å². The van der Waals surface area contributed by atoms with Crippen molar-refractivity contribution >= 4 is 40.1 Å². The van der Waals surface area contributed by atoms with Crippen LogP contribution in [0.2, 0.25) is 0 Å². The summed E-state index contributed by atoms with van der Waals surface area (Å²) in [7, 11) is 0. The molecule has 0 aromatic heterocycles. The van der Waals surface area contributed by atoms with Crippen molar-refractivity contribution in [2.24, 2.45) is 0 Å². The van der Waals surface area contributed by atoms with Gasteiger partial charge in [-0.05, 0) is 52.8 Å². The number of rotatable bonds is 5. The highest BCUT2D eigenvalue weighted by atomic mass is 127. The summed E-state index contributed by atoms with van der Waals surface area (Å²) in [5.74, 6) is -0.792. The number of hydrogen-bond acceptors (Lipinski definition) is 4. The van der Waals surface area contributed by atoms with E-state index in [4.69, 9.17) is 5.11 Å². The zero-order valence-corrected chi connectivity index (χ0v) is 13.2. The van der Waals surface area contributed by atoms with Crippen LogP contribution in [0.3, 0.4) is 0 Å². The van der Waals surface area contributed by atoms with Crippen molar-refractivity contribution in [3.63, 3.8) is 0 Å². The molecular weight excluding hydrogens is 371 g/mol. The van der Waals surface area contributed by atoms with Crippen molar-refractivity contribution < 1.29 is 14.7 Å². The number of carbonyl (C=O) groups is 2. The number of benzene rings is 1. The molecule has 1 heterocycles. The van der Waals surface area contributed by atoms with Gasteiger partial charge in [0.25, 0.3) is 11.8 Å². The topological polar surface area (TPSA) is 69.6 Å². The van der Waals surface area contributed by atoms with Crippen LogP contribution in [0.15, 0.2) is 30.0 Å². The second-order valence-corrected chi connectivity index (χ2v) is 5.60. The maximum atomic E-state index is 12.0. The Labute approximate surface area is 130 Å². The fourth-order valence-corrected chi connectivity index (χ4v) is 2.59. The van der Waals surface area contributed by atoms with Crippen LogP contribution < -0.4 is 5.32 Å². The van der Waals surface area contributed by atoms with Crippen LogP contribution in [-0.4, -0.2) is 35.0 Å². The van der Waals surface area contributed by atoms with Crippen LogP contribution in [0.5, 0.6) is 0 Å². The van der Waals surface area contributed by atoms with Crippen molar-refractivity contribution in [2.75, 3.05) is 18.5 Å². The first kappa shape index (κ1) is 15.0. The second-order valence-electron chi connectivity index (χ2n) is 4.36. The Morgan fingerprint density at radius 1 is 1.35 bits per heavy atom. The molecule has 106 valence electrons. The molecule has 0 atom stereocenters. The molecular formula is C14H15IN2O3. The molecule has 5 nitrogen and oxygen atoms in total. The molecule has 1 aliphatic heterocycles. The molecule has 0 radical (unpaired) electrons. The molecule has 2 amide bonds. The highest BCUT2D eigenvalue weighted by molar-refractivity contribution is 14.1. The van der Waals surface area contributed by atoms with Gasteiger partial charge in [-0.2, -0.15) is 0 Å². The summed E-state index contributed by atoms with van der Waals surface area (Å²) in [6, 6.07) is 5.87. The van der Waals surface area contributed by atoms with Crippen LogP contribution >= 0.6 is 22.6 Å². The van der Waals surface area contributed by atoms with Crippen LogP contribution in [0.1, 0.15) is 12.5 Å². The monoisotopic (exact) mass is 386 g/mol. The van der Waals surface area contributed by atoms with E-state index < -0.39 is 11.8 Å². The van der Waals surface area contributed by atoms with Crippen molar-refractivity contribution in [1.82, 2.24) is 4.90 Å². The standard InChI is InChI=1S/C14H15IN2O3/c1-2-9-7-10(15)3-4-11(9)16-12-8-13(19)17(5-6-18)14(12)20/h3-4,7-8,16,18H,2,5-6H2,1H3. The lowest BCUT2D eigenvalue weighted by Gasteiger charge is -2.15. The van der Waals surface area contributed by atoms with Crippen LogP contribution in [0.4, 0.5) is 5.69 Å². The van der Waals surface area contributed by atoms with Gasteiger partial charge < -0.3 is 10.4 Å². The summed E-state index contributed by atoms with van der Waals surface area (Å²) in [5.41, 5.74) is 2.16. The Kier molecular flexibility index (Phi) is 4.77. The van der Waals surface area contributed by atoms with Crippen LogP contribution in [0, 0.1) is 3.57 Å². The minimum absolute atomic E-state index is 0.0205. The molecule has 1 aliphatic rings. The first-order valence-corrected chi connectivity index (χ1v) is 7.38. The van der Waals surface area contributed by atoms with E-state index in [0.29, 0.717) is 0 Å². The molecule has 20 heavy (non-hydrogen) atoms. The third-order valence-corrected chi connectivity index (χ3v) is 3.72. The van der Waals surface area contributed by atoms with Gasteiger partial charge in [0.05, 0.1) is 13.2 Å².